The van der Waals surface area contributed by atoms with E-state index in [0.717, 1.165) is 17.7 Å². The van der Waals surface area contributed by atoms with Gasteiger partial charge in [0.15, 0.2) is 0 Å². The Morgan fingerprint density at radius 2 is 2.06 bits per heavy atom. The van der Waals surface area contributed by atoms with Gasteiger partial charge in [0.05, 0.1) is 0 Å². The summed E-state index contributed by atoms with van der Waals surface area (Å²) in [5.41, 5.74) is 3.15. The van der Waals surface area contributed by atoms with Gasteiger partial charge >= 0.3 is 6.03 Å². The number of benzene rings is 1. The summed E-state index contributed by atoms with van der Waals surface area (Å²) in [5.74, 6) is 0. The van der Waals surface area contributed by atoms with E-state index >= 15 is 0 Å². The molecule has 0 aromatic heterocycles. The maximum Gasteiger partial charge on any atom is 0.319 e. The first-order chi connectivity index (χ1) is 7.52. The van der Waals surface area contributed by atoms with Crippen molar-refractivity contribution >= 4 is 11.7 Å². The average Bonchev–Trinajstić information content (AvgIpc) is 2.22. The minimum atomic E-state index is -0.138. The van der Waals surface area contributed by atoms with Crippen LogP contribution < -0.4 is 10.6 Å². The fourth-order valence-electron chi connectivity index (χ4n) is 1.44. The van der Waals surface area contributed by atoms with Crippen molar-refractivity contribution in [2.24, 2.45) is 0 Å². The fraction of sp³-hybridized carbons (Fsp3) is 0.462. The third-order valence-electron chi connectivity index (χ3n) is 2.62. The average molecular weight is 220 g/mol. The van der Waals surface area contributed by atoms with Crippen molar-refractivity contribution in [2.75, 3.05) is 5.32 Å². The lowest BCUT2D eigenvalue weighted by Gasteiger charge is -2.14. The van der Waals surface area contributed by atoms with Crippen molar-refractivity contribution in [3.63, 3.8) is 0 Å². The van der Waals surface area contributed by atoms with E-state index in [2.05, 4.69) is 16.7 Å². The Balaban J connectivity index is 2.63. The van der Waals surface area contributed by atoms with Crippen LogP contribution in [0, 0.1) is 13.8 Å². The quantitative estimate of drug-likeness (QED) is 0.806. The van der Waals surface area contributed by atoms with Crippen LogP contribution in [0.5, 0.6) is 0 Å². The highest BCUT2D eigenvalue weighted by molar-refractivity contribution is 5.90. The summed E-state index contributed by atoms with van der Waals surface area (Å²) in [6, 6.07) is 6.04. The van der Waals surface area contributed by atoms with Crippen molar-refractivity contribution in [1.29, 1.82) is 0 Å². The van der Waals surface area contributed by atoms with Gasteiger partial charge in [-0.15, -0.1) is 0 Å². The van der Waals surface area contributed by atoms with Crippen LogP contribution in [0.15, 0.2) is 18.2 Å². The first-order valence-corrected chi connectivity index (χ1v) is 5.67. The molecule has 1 aromatic rings. The maximum absolute atomic E-state index is 11.6. The molecule has 0 aliphatic rings. The van der Waals surface area contributed by atoms with Gasteiger partial charge in [0, 0.05) is 11.7 Å². The third-order valence-corrected chi connectivity index (χ3v) is 2.62. The van der Waals surface area contributed by atoms with Gasteiger partial charge in [-0.05, 0) is 38.8 Å². The molecule has 1 aromatic carbocycles. The molecule has 0 aliphatic carbocycles. The van der Waals surface area contributed by atoms with Gasteiger partial charge in [-0.2, -0.15) is 0 Å². The van der Waals surface area contributed by atoms with Crippen LogP contribution in [0.4, 0.5) is 10.5 Å². The van der Waals surface area contributed by atoms with Crippen LogP contribution in [-0.4, -0.2) is 12.1 Å². The topological polar surface area (TPSA) is 41.1 Å². The minimum Gasteiger partial charge on any atom is -0.335 e. The van der Waals surface area contributed by atoms with E-state index in [1.165, 1.54) is 5.56 Å². The molecule has 0 saturated carbocycles. The number of aryl methyl sites for hydroxylation is 2. The molecular formula is C13H20N2O. The Kier molecular flexibility index (Phi) is 4.35. The highest BCUT2D eigenvalue weighted by atomic mass is 16.2. The highest BCUT2D eigenvalue weighted by Gasteiger charge is 2.06. The van der Waals surface area contributed by atoms with Gasteiger partial charge in [0.1, 0.15) is 0 Å². The first kappa shape index (κ1) is 12.6. The predicted octanol–water partition coefficient (Wildman–Crippen LogP) is 3.22. The SMILES string of the molecule is CC[C@@H](C)NC(=O)Nc1ccc(C)cc1C. The van der Waals surface area contributed by atoms with Crippen LogP contribution in [0.25, 0.3) is 0 Å². The summed E-state index contributed by atoms with van der Waals surface area (Å²) < 4.78 is 0. The summed E-state index contributed by atoms with van der Waals surface area (Å²) in [4.78, 5) is 11.6. The lowest BCUT2D eigenvalue weighted by molar-refractivity contribution is 0.249. The van der Waals surface area contributed by atoms with Crippen molar-refractivity contribution in [3.05, 3.63) is 29.3 Å². The normalized spacial score (nSPS) is 12.0. The standard InChI is InChI=1S/C13H20N2O/c1-5-11(4)14-13(16)15-12-7-6-9(2)8-10(12)3/h6-8,11H,5H2,1-4H3,(H2,14,15,16)/t11-/m1/s1. The zero-order valence-corrected chi connectivity index (χ0v) is 10.4. The van der Waals surface area contributed by atoms with Gasteiger partial charge < -0.3 is 10.6 Å². The summed E-state index contributed by atoms with van der Waals surface area (Å²) >= 11 is 0. The number of urea groups is 1. The number of amides is 2. The number of carbonyl (C=O) groups excluding carboxylic acids is 1. The predicted molar refractivity (Wildman–Crippen MR) is 67.8 cm³/mol. The zero-order valence-electron chi connectivity index (χ0n) is 10.4. The van der Waals surface area contributed by atoms with Gasteiger partial charge in [-0.3, -0.25) is 0 Å². The molecule has 0 spiro atoms. The molecule has 0 radical (unpaired) electrons. The Morgan fingerprint density at radius 3 is 2.62 bits per heavy atom. The molecule has 0 unspecified atom stereocenters. The molecule has 2 N–H and O–H groups in total. The van der Waals surface area contributed by atoms with Gasteiger partial charge in [0.2, 0.25) is 0 Å². The van der Waals surface area contributed by atoms with Gasteiger partial charge in [-0.1, -0.05) is 24.6 Å². The molecule has 0 aliphatic heterocycles. The minimum absolute atomic E-state index is 0.138. The Morgan fingerprint density at radius 1 is 1.38 bits per heavy atom. The molecule has 0 fully saturated rings. The zero-order chi connectivity index (χ0) is 12.1. The summed E-state index contributed by atoms with van der Waals surface area (Å²) in [5, 5.41) is 5.72. The van der Waals surface area contributed by atoms with Crippen molar-refractivity contribution in [3.8, 4) is 0 Å². The molecule has 0 bridgehead atoms. The molecule has 1 atom stereocenters. The maximum atomic E-state index is 11.6. The Labute approximate surface area is 97.2 Å². The van der Waals surface area contributed by atoms with Crippen LogP contribution in [-0.2, 0) is 0 Å². The second kappa shape index (κ2) is 5.54. The van der Waals surface area contributed by atoms with Crippen molar-refractivity contribution in [2.45, 2.75) is 40.2 Å². The molecule has 1 rings (SSSR count). The van der Waals surface area contributed by atoms with E-state index in [0.29, 0.717) is 0 Å². The van der Waals surface area contributed by atoms with E-state index in [-0.39, 0.29) is 12.1 Å². The second-order valence-electron chi connectivity index (χ2n) is 4.23. The number of hydrogen-bond donors (Lipinski definition) is 2. The van der Waals surface area contributed by atoms with Crippen LogP contribution in [0.3, 0.4) is 0 Å². The van der Waals surface area contributed by atoms with E-state index < -0.39 is 0 Å². The molecule has 3 heteroatoms. The molecular weight excluding hydrogens is 200 g/mol. The summed E-state index contributed by atoms with van der Waals surface area (Å²) in [6.45, 7) is 8.06. The molecule has 2 amide bonds. The van der Waals surface area contributed by atoms with Crippen LogP contribution >= 0.6 is 0 Å². The molecule has 0 heterocycles. The first-order valence-electron chi connectivity index (χ1n) is 5.67. The number of carbonyl (C=O) groups is 1. The molecule has 88 valence electrons. The van der Waals surface area contributed by atoms with Gasteiger partial charge in [0.25, 0.3) is 0 Å². The Bertz CT molecular complexity index is 374. The van der Waals surface area contributed by atoms with Crippen LogP contribution in [0.1, 0.15) is 31.4 Å². The van der Waals surface area contributed by atoms with E-state index in [9.17, 15) is 4.79 Å². The largest absolute Gasteiger partial charge is 0.335 e. The monoisotopic (exact) mass is 220 g/mol. The number of hydrogen-bond acceptors (Lipinski definition) is 1. The number of anilines is 1. The second-order valence-corrected chi connectivity index (χ2v) is 4.23. The smallest absolute Gasteiger partial charge is 0.319 e. The lowest BCUT2D eigenvalue weighted by atomic mass is 10.1. The lowest BCUT2D eigenvalue weighted by Crippen LogP contribution is -2.35. The van der Waals surface area contributed by atoms with Gasteiger partial charge in [-0.25, -0.2) is 4.79 Å². The molecule has 3 nitrogen and oxygen atoms in total. The van der Waals surface area contributed by atoms with E-state index in [1.807, 2.05) is 39.8 Å². The highest BCUT2D eigenvalue weighted by Crippen LogP contribution is 2.15. The summed E-state index contributed by atoms with van der Waals surface area (Å²) in [7, 11) is 0. The molecule has 16 heavy (non-hydrogen) atoms. The third kappa shape index (κ3) is 3.57. The van der Waals surface area contributed by atoms with E-state index in [4.69, 9.17) is 0 Å². The Hall–Kier alpha value is -1.51. The molecule has 0 saturated heterocycles. The fourth-order valence-corrected chi connectivity index (χ4v) is 1.44. The van der Waals surface area contributed by atoms with Crippen molar-refractivity contribution < 1.29 is 4.79 Å². The number of nitrogens with one attached hydrogen (secondary N) is 2. The number of rotatable bonds is 3. The van der Waals surface area contributed by atoms with Crippen molar-refractivity contribution in [1.82, 2.24) is 5.32 Å². The van der Waals surface area contributed by atoms with Crippen LogP contribution in [0.2, 0.25) is 0 Å². The van der Waals surface area contributed by atoms with E-state index in [1.54, 1.807) is 0 Å². The summed E-state index contributed by atoms with van der Waals surface area (Å²) in [6.07, 6.45) is 0.931.